The van der Waals surface area contributed by atoms with Gasteiger partial charge in [-0.3, -0.25) is 9.59 Å². The molecule has 2 aromatic rings. The Morgan fingerprint density at radius 2 is 1.61 bits per heavy atom. The number of ether oxygens (including phenoxy) is 1. The van der Waals surface area contributed by atoms with E-state index in [1.54, 1.807) is 32.9 Å². The molecule has 2 aromatic carbocycles. The van der Waals surface area contributed by atoms with Crippen molar-refractivity contribution in [2.45, 2.75) is 26.8 Å². The summed E-state index contributed by atoms with van der Waals surface area (Å²) in [5, 5.41) is 5.43. The number of amides is 2. The Morgan fingerprint density at radius 3 is 2.18 bits per heavy atom. The fourth-order valence-electron chi connectivity index (χ4n) is 2.57. The summed E-state index contributed by atoms with van der Waals surface area (Å²) in [4.78, 5) is 36.9. The van der Waals surface area contributed by atoms with Crippen molar-refractivity contribution in [1.29, 1.82) is 0 Å². The second-order valence-corrected chi connectivity index (χ2v) is 6.71. The molecule has 148 valence electrons. The van der Waals surface area contributed by atoms with Gasteiger partial charge in [-0.05, 0) is 54.8 Å². The summed E-state index contributed by atoms with van der Waals surface area (Å²) in [6.45, 7) is 5.39. The van der Waals surface area contributed by atoms with Crippen LogP contribution in [0.2, 0.25) is 0 Å². The van der Waals surface area contributed by atoms with Crippen molar-refractivity contribution in [2.75, 3.05) is 12.4 Å². The zero-order valence-corrected chi connectivity index (χ0v) is 16.2. The second kappa shape index (κ2) is 9.12. The molecule has 2 amide bonds. The molecule has 0 bridgehead atoms. The largest absolute Gasteiger partial charge is 0.465 e. The Morgan fingerprint density at radius 1 is 1.00 bits per heavy atom. The number of carbonyl (C=O) groups excluding carboxylic acids is 3. The predicted octanol–water partition coefficient (Wildman–Crippen LogP) is 3.31. The van der Waals surface area contributed by atoms with Crippen LogP contribution in [-0.4, -0.2) is 30.9 Å². The fourth-order valence-corrected chi connectivity index (χ4v) is 2.57. The first-order valence-corrected chi connectivity index (χ1v) is 8.79. The van der Waals surface area contributed by atoms with Gasteiger partial charge < -0.3 is 15.4 Å². The zero-order valence-electron chi connectivity index (χ0n) is 16.2. The number of rotatable bonds is 6. The third-order valence-electron chi connectivity index (χ3n) is 4.26. The number of anilines is 1. The van der Waals surface area contributed by atoms with E-state index in [0.717, 1.165) is 5.56 Å². The molecule has 6 nitrogen and oxygen atoms in total. The van der Waals surface area contributed by atoms with Crippen molar-refractivity contribution in [1.82, 2.24) is 5.32 Å². The standard InChI is InChI=1S/C21H23FN2O4/c1-12(2)18(24-19(25)14-7-9-16(22)10-8-14)20(26)23-17-11-15(21(27)28-4)6-5-13(17)3/h5-12,18H,1-4H3,(H,23,26)(H,24,25)/t18-/m0/s1. The van der Waals surface area contributed by atoms with Gasteiger partial charge in [-0.2, -0.15) is 0 Å². The predicted molar refractivity (Wildman–Crippen MR) is 104 cm³/mol. The normalized spacial score (nSPS) is 11.6. The molecule has 0 radical (unpaired) electrons. The minimum atomic E-state index is -0.821. The van der Waals surface area contributed by atoms with E-state index in [4.69, 9.17) is 4.74 Å². The zero-order chi connectivity index (χ0) is 20.8. The molecule has 0 aliphatic carbocycles. The van der Waals surface area contributed by atoms with Crippen LogP contribution in [0.1, 0.15) is 40.1 Å². The van der Waals surface area contributed by atoms with Gasteiger partial charge >= 0.3 is 5.97 Å². The molecular formula is C21H23FN2O4. The fraction of sp³-hybridized carbons (Fsp3) is 0.286. The summed E-state index contributed by atoms with van der Waals surface area (Å²) < 4.78 is 17.7. The van der Waals surface area contributed by atoms with Gasteiger partial charge in [-0.1, -0.05) is 19.9 Å². The average molecular weight is 386 g/mol. The minimum Gasteiger partial charge on any atom is -0.465 e. The number of carbonyl (C=O) groups is 3. The highest BCUT2D eigenvalue weighted by atomic mass is 19.1. The van der Waals surface area contributed by atoms with Crippen LogP contribution in [-0.2, 0) is 9.53 Å². The van der Waals surface area contributed by atoms with Crippen LogP contribution in [0.4, 0.5) is 10.1 Å². The Bertz CT molecular complexity index is 878. The van der Waals surface area contributed by atoms with E-state index in [-0.39, 0.29) is 11.5 Å². The summed E-state index contributed by atoms with van der Waals surface area (Å²) in [6, 6.07) is 9.07. The molecule has 0 unspecified atom stereocenters. The highest BCUT2D eigenvalue weighted by molar-refractivity contribution is 6.02. The van der Waals surface area contributed by atoms with E-state index < -0.39 is 29.6 Å². The maximum Gasteiger partial charge on any atom is 0.337 e. The van der Waals surface area contributed by atoms with Crippen molar-refractivity contribution in [3.05, 3.63) is 65.0 Å². The minimum absolute atomic E-state index is 0.200. The molecule has 1 atom stereocenters. The second-order valence-electron chi connectivity index (χ2n) is 6.71. The van der Waals surface area contributed by atoms with Gasteiger partial charge in [-0.25, -0.2) is 9.18 Å². The quantitative estimate of drug-likeness (QED) is 0.746. The molecule has 0 spiro atoms. The van der Waals surface area contributed by atoms with Crippen molar-refractivity contribution < 1.29 is 23.5 Å². The number of methoxy groups -OCH3 is 1. The number of benzene rings is 2. The van der Waals surface area contributed by atoms with Gasteiger partial charge in [0.05, 0.1) is 12.7 Å². The lowest BCUT2D eigenvalue weighted by atomic mass is 10.0. The summed E-state index contributed by atoms with van der Waals surface area (Å²) in [5.41, 5.74) is 1.77. The van der Waals surface area contributed by atoms with E-state index in [1.165, 1.54) is 37.4 Å². The van der Waals surface area contributed by atoms with Crippen LogP contribution >= 0.6 is 0 Å². The maximum absolute atomic E-state index is 13.0. The number of aryl methyl sites for hydroxylation is 1. The van der Waals surface area contributed by atoms with Crippen molar-refractivity contribution in [2.24, 2.45) is 5.92 Å². The number of halogens is 1. The maximum atomic E-state index is 13.0. The lowest BCUT2D eigenvalue weighted by Crippen LogP contribution is -2.47. The van der Waals surface area contributed by atoms with E-state index in [2.05, 4.69) is 10.6 Å². The molecule has 0 aliphatic heterocycles. The molecule has 28 heavy (non-hydrogen) atoms. The van der Waals surface area contributed by atoms with Gasteiger partial charge in [0.15, 0.2) is 0 Å². The summed E-state index contributed by atoms with van der Waals surface area (Å²) >= 11 is 0. The molecular weight excluding hydrogens is 363 g/mol. The highest BCUT2D eigenvalue weighted by Gasteiger charge is 2.25. The first-order chi connectivity index (χ1) is 13.2. The topological polar surface area (TPSA) is 84.5 Å². The summed E-state index contributed by atoms with van der Waals surface area (Å²) in [6.07, 6.45) is 0. The van der Waals surface area contributed by atoms with Crippen LogP contribution in [0.15, 0.2) is 42.5 Å². The Hall–Kier alpha value is -3.22. The Labute approximate surface area is 163 Å². The van der Waals surface area contributed by atoms with Gasteiger partial charge in [0.2, 0.25) is 5.91 Å². The van der Waals surface area contributed by atoms with Crippen molar-refractivity contribution in [3.8, 4) is 0 Å². The van der Waals surface area contributed by atoms with Crippen LogP contribution in [0.25, 0.3) is 0 Å². The molecule has 0 aliphatic rings. The van der Waals surface area contributed by atoms with Crippen LogP contribution in [0, 0.1) is 18.7 Å². The monoisotopic (exact) mass is 386 g/mol. The highest BCUT2D eigenvalue weighted by Crippen LogP contribution is 2.19. The Kier molecular flexibility index (Phi) is 6.87. The number of hydrogen-bond acceptors (Lipinski definition) is 4. The third kappa shape index (κ3) is 5.16. The molecule has 0 aromatic heterocycles. The molecule has 0 saturated carbocycles. The number of esters is 1. The first kappa shape index (κ1) is 21.1. The van der Waals surface area contributed by atoms with Crippen LogP contribution in [0.3, 0.4) is 0 Å². The van der Waals surface area contributed by atoms with Gasteiger partial charge in [0.1, 0.15) is 11.9 Å². The molecule has 0 heterocycles. The Balaban J connectivity index is 2.18. The van der Waals surface area contributed by atoms with E-state index in [9.17, 15) is 18.8 Å². The molecule has 2 rings (SSSR count). The lowest BCUT2D eigenvalue weighted by Gasteiger charge is -2.22. The van der Waals surface area contributed by atoms with Crippen molar-refractivity contribution >= 4 is 23.5 Å². The van der Waals surface area contributed by atoms with Gasteiger partial charge in [0.25, 0.3) is 5.91 Å². The van der Waals surface area contributed by atoms with E-state index in [1.807, 2.05) is 0 Å². The molecule has 2 N–H and O–H groups in total. The van der Waals surface area contributed by atoms with Gasteiger partial charge in [-0.15, -0.1) is 0 Å². The van der Waals surface area contributed by atoms with Crippen LogP contribution in [0.5, 0.6) is 0 Å². The van der Waals surface area contributed by atoms with E-state index >= 15 is 0 Å². The average Bonchev–Trinajstić information content (AvgIpc) is 2.67. The van der Waals surface area contributed by atoms with Gasteiger partial charge in [0, 0.05) is 11.3 Å². The smallest absolute Gasteiger partial charge is 0.337 e. The SMILES string of the molecule is COC(=O)c1ccc(C)c(NC(=O)[C@@H](NC(=O)c2ccc(F)cc2)C(C)C)c1. The number of nitrogens with one attached hydrogen (secondary N) is 2. The molecule has 0 saturated heterocycles. The lowest BCUT2D eigenvalue weighted by molar-refractivity contribution is -0.118. The number of hydrogen-bond donors (Lipinski definition) is 2. The van der Waals surface area contributed by atoms with Crippen molar-refractivity contribution in [3.63, 3.8) is 0 Å². The van der Waals surface area contributed by atoms with Crippen LogP contribution < -0.4 is 10.6 Å². The summed E-state index contributed by atoms with van der Waals surface area (Å²) in [7, 11) is 1.28. The third-order valence-corrected chi connectivity index (χ3v) is 4.26. The molecule has 0 fully saturated rings. The van der Waals surface area contributed by atoms with E-state index in [0.29, 0.717) is 11.3 Å². The first-order valence-electron chi connectivity index (χ1n) is 8.79. The summed E-state index contributed by atoms with van der Waals surface area (Å²) in [5.74, 6) is -2.06. The molecule has 7 heteroatoms.